The van der Waals surface area contributed by atoms with Crippen LogP contribution < -0.4 is 10.6 Å². The van der Waals surface area contributed by atoms with Crippen molar-refractivity contribution in [2.45, 2.75) is 58.3 Å². The summed E-state index contributed by atoms with van der Waals surface area (Å²) in [6.07, 6.45) is 11.4. The highest BCUT2D eigenvalue weighted by atomic mass is 14.9. The molecule has 0 aromatic rings. The number of hydrogen-bond donors (Lipinski definition) is 2. The molecule has 100 valence electrons. The van der Waals surface area contributed by atoms with E-state index in [-0.39, 0.29) is 0 Å². The zero-order valence-electron chi connectivity index (χ0n) is 11.6. The minimum absolute atomic E-state index is 0.604. The van der Waals surface area contributed by atoms with Gasteiger partial charge in [-0.2, -0.15) is 0 Å². The summed E-state index contributed by atoms with van der Waals surface area (Å²) in [6, 6.07) is 0. The van der Waals surface area contributed by atoms with Crippen LogP contribution in [0.4, 0.5) is 0 Å². The first kappa shape index (κ1) is 13.4. The number of rotatable bonds is 5. The molecule has 2 fully saturated rings. The minimum Gasteiger partial charge on any atom is -0.317 e. The summed E-state index contributed by atoms with van der Waals surface area (Å²) in [5.74, 6) is 0.975. The van der Waals surface area contributed by atoms with E-state index in [4.69, 9.17) is 0 Å². The van der Waals surface area contributed by atoms with Gasteiger partial charge in [0, 0.05) is 6.54 Å². The van der Waals surface area contributed by atoms with Crippen LogP contribution in [0.25, 0.3) is 0 Å². The van der Waals surface area contributed by atoms with Gasteiger partial charge in [0.25, 0.3) is 0 Å². The molecule has 2 N–H and O–H groups in total. The van der Waals surface area contributed by atoms with Crippen molar-refractivity contribution >= 4 is 0 Å². The lowest BCUT2D eigenvalue weighted by atomic mass is 9.76. The Hall–Kier alpha value is -0.0800. The molecule has 0 amide bonds. The largest absolute Gasteiger partial charge is 0.317 e. The molecule has 0 atom stereocenters. The molecule has 0 spiro atoms. The monoisotopic (exact) mass is 238 g/mol. The van der Waals surface area contributed by atoms with Gasteiger partial charge in [0.05, 0.1) is 0 Å². The molecular formula is C15H30N2. The minimum atomic E-state index is 0.604. The van der Waals surface area contributed by atoms with Gasteiger partial charge < -0.3 is 10.6 Å². The Morgan fingerprint density at radius 1 is 1.12 bits per heavy atom. The van der Waals surface area contributed by atoms with Gasteiger partial charge in [-0.15, -0.1) is 0 Å². The van der Waals surface area contributed by atoms with Gasteiger partial charge in [0.2, 0.25) is 0 Å². The van der Waals surface area contributed by atoms with Crippen LogP contribution in [0.5, 0.6) is 0 Å². The SMILES string of the molecule is CC1(CNCCC2CCNCC2)CCCCC1. The van der Waals surface area contributed by atoms with E-state index in [1.807, 2.05) is 0 Å². The first-order chi connectivity index (χ1) is 8.29. The van der Waals surface area contributed by atoms with Gasteiger partial charge in [0.1, 0.15) is 0 Å². The van der Waals surface area contributed by atoms with Crippen molar-refractivity contribution in [2.24, 2.45) is 11.3 Å². The van der Waals surface area contributed by atoms with E-state index in [0.717, 1.165) is 5.92 Å². The average molecular weight is 238 g/mol. The van der Waals surface area contributed by atoms with Crippen molar-refractivity contribution in [3.05, 3.63) is 0 Å². The van der Waals surface area contributed by atoms with Gasteiger partial charge in [-0.1, -0.05) is 26.2 Å². The maximum atomic E-state index is 3.72. The molecule has 0 radical (unpaired) electrons. The summed E-state index contributed by atoms with van der Waals surface area (Å²) < 4.78 is 0. The molecule has 2 rings (SSSR count). The van der Waals surface area contributed by atoms with Gasteiger partial charge in [-0.25, -0.2) is 0 Å². The molecule has 1 aliphatic carbocycles. The van der Waals surface area contributed by atoms with Crippen LogP contribution >= 0.6 is 0 Å². The third kappa shape index (κ3) is 4.59. The van der Waals surface area contributed by atoms with E-state index in [1.165, 1.54) is 77.5 Å². The number of nitrogens with one attached hydrogen (secondary N) is 2. The molecule has 2 heteroatoms. The van der Waals surface area contributed by atoms with Gasteiger partial charge in [-0.3, -0.25) is 0 Å². The van der Waals surface area contributed by atoms with E-state index >= 15 is 0 Å². The van der Waals surface area contributed by atoms with E-state index in [2.05, 4.69) is 17.6 Å². The third-order valence-electron chi connectivity index (χ3n) is 4.80. The lowest BCUT2D eigenvalue weighted by Crippen LogP contribution is -2.35. The quantitative estimate of drug-likeness (QED) is 0.720. The summed E-state index contributed by atoms with van der Waals surface area (Å²) in [7, 11) is 0. The summed E-state index contributed by atoms with van der Waals surface area (Å²) in [5, 5.41) is 7.16. The fourth-order valence-corrected chi connectivity index (χ4v) is 3.45. The van der Waals surface area contributed by atoms with E-state index in [9.17, 15) is 0 Å². The summed E-state index contributed by atoms with van der Waals surface area (Å²) >= 11 is 0. The second kappa shape index (κ2) is 6.75. The van der Waals surface area contributed by atoms with Crippen LogP contribution in [0.15, 0.2) is 0 Å². The van der Waals surface area contributed by atoms with Crippen molar-refractivity contribution in [2.75, 3.05) is 26.2 Å². The third-order valence-corrected chi connectivity index (χ3v) is 4.80. The van der Waals surface area contributed by atoms with Crippen LogP contribution in [-0.4, -0.2) is 26.2 Å². The normalized spacial score (nSPS) is 25.9. The number of piperidine rings is 1. The van der Waals surface area contributed by atoms with Crippen molar-refractivity contribution in [1.29, 1.82) is 0 Å². The molecule has 1 aliphatic heterocycles. The Morgan fingerprint density at radius 2 is 1.82 bits per heavy atom. The van der Waals surface area contributed by atoms with Gasteiger partial charge in [0.15, 0.2) is 0 Å². The maximum absolute atomic E-state index is 3.72. The topological polar surface area (TPSA) is 24.1 Å². The Balaban J connectivity index is 1.55. The maximum Gasteiger partial charge on any atom is 0.000516 e. The molecule has 1 saturated heterocycles. The van der Waals surface area contributed by atoms with Gasteiger partial charge >= 0.3 is 0 Å². The Bertz CT molecular complexity index is 203. The first-order valence-electron chi connectivity index (χ1n) is 7.70. The highest BCUT2D eigenvalue weighted by Crippen LogP contribution is 2.34. The van der Waals surface area contributed by atoms with Crippen LogP contribution in [0.2, 0.25) is 0 Å². The lowest BCUT2D eigenvalue weighted by Gasteiger charge is -2.34. The first-order valence-corrected chi connectivity index (χ1v) is 7.70. The van der Waals surface area contributed by atoms with E-state index in [0.29, 0.717) is 5.41 Å². The molecule has 1 saturated carbocycles. The van der Waals surface area contributed by atoms with Crippen molar-refractivity contribution in [3.8, 4) is 0 Å². The molecular weight excluding hydrogens is 208 g/mol. The van der Waals surface area contributed by atoms with E-state index in [1.54, 1.807) is 0 Å². The summed E-state index contributed by atoms with van der Waals surface area (Å²) in [5.41, 5.74) is 0.604. The lowest BCUT2D eigenvalue weighted by molar-refractivity contribution is 0.205. The van der Waals surface area contributed by atoms with Crippen molar-refractivity contribution < 1.29 is 0 Å². The average Bonchev–Trinajstić information content (AvgIpc) is 2.37. The second-order valence-electron chi connectivity index (χ2n) is 6.53. The highest BCUT2D eigenvalue weighted by Gasteiger charge is 2.26. The zero-order chi connectivity index (χ0) is 12.0. The van der Waals surface area contributed by atoms with Crippen molar-refractivity contribution in [3.63, 3.8) is 0 Å². The molecule has 17 heavy (non-hydrogen) atoms. The Morgan fingerprint density at radius 3 is 2.53 bits per heavy atom. The molecule has 2 aliphatic rings. The molecule has 2 nitrogen and oxygen atoms in total. The fraction of sp³-hybridized carbons (Fsp3) is 1.00. The molecule has 1 heterocycles. The standard InChI is InChI=1S/C15H30N2/c1-15(8-3-2-4-9-15)13-17-12-7-14-5-10-16-11-6-14/h14,16-17H,2-13H2,1H3. The summed E-state index contributed by atoms with van der Waals surface area (Å²) in [4.78, 5) is 0. The predicted molar refractivity (Wildman–Crippen MR) is 74.3 cm³/mol. The smallest absolute Gasteiger partial charge is 0.000516 e. The van der Waals surface area contributed by atoms with Crippen molar-refractivity contribution in [1.82, 2.24) is 10.6 Å². The van der Waals surface area contributed by atoms with E-state index < -0.39 is 0 Å². The highest BCUT2D eigenvalue weighted by molar-refractivity contribution is 4.80. The van der Waals surface area contributed by atoms with Crippen LogP contribution in [0.3, 0.4) is 0 Å². The second-order valence-corrected chi connectivity index (χ2v) is 6.53. The van der Waals surface area contributed by atoms with Crippen LogP contribution in [0, 0.1) is 11.3 Å². The summed E-state index contributed by atoms with van der Waals surface area (Å²) in [6.45, 7) is 7.44. The molecule has 0 unspecified atom stereocenters. The molecule has 0 bridgehead atoms. The molecule has 0 aromatic heterocycles. The Labute approximate surface area is 107 Å². The van der Waals surface area contributed by atoms with Crippen LogP contribution in [0.1, 0.15) is 58.3 Å². The zero-order valence-corrected chi connectivity index (χ0v) is 11.6. The Kier molecular flexibility index (Phi) is 5.30. The van der Waals surface area contributed by atoms with Crippen LogP contribution in [-0.2, 0) is 0 Å². The molecule has 0 aromatic carbocycles. The predicted octanol–water partition coefficient (Wildman–Crippen LogP) is 2.94. The fourth-order valence-electron chi connectivity index (χ4n) is 3.45. The van der Waals surface area contributed by atoms with Gasteiger partial charge in [-0.05, 0) is 63.1 Å². The number of hydrogen-bond acceptors (Lipinski definition) is 2.